The molecule has 0 aliphatic heterocycles. The third-order valence-electron chi connectivity index (χ3n) is 6.33. The van der Waals surface area contributed by atoms with Crippen molar-refractivity contribution in [2.75, 3.05) is 13.2 Å². The molecule has 198 valence electrons. The molecule has 0 spiro atoms. The molecule has 1 aromatic rings. The molecule has 0 atom stereocenters. The summed E-state index contributed by atoms with van der Waals surface area (Å²) >= 11 is 0. The molecular weight excluding hydrogens is 464 g/mol. The van der Waals surface area contributed by atoms with Crippen LogP contribution in [0.25, 0.3) is 0 Å². The first-order valence-electron chi connectivity index (χ1n) is 14.1. The predicted molar refractivity (Wildman–Crippen MR) is 149 cm³/mol. The van der Waals surface area contributed by atoms with Gasteiger partial charge in [0.2, 0.25) is 0 Å². The van der Waals surface area contributed by atoms with Gasteiger partial charge < -0.3 is 12.3 Å². The van der Waals surface area contributed by atoms with E-state index in [1.54, 1.807) is 24.3 Å². The van der Waals surface area contributed by atoms with E-state index in [2.05, 4.69) is 13.8 Å². The second kappa shape index (κ2) is 25.1. The van der Waals surface area contributed by atoms with Crippen LogP contribution in [0.15, 0.2) is 24.3 Å². The van der Waals surface area contributed by atoms with Crippen LogP contribution < -0.4 is 0 Å². The second-order valence-electron chi connectivity index (χ2n) is 9.47. The van der Waals surface area contributed by atoms with E-state index in [0.717, 1.165) is 25.7 Å². The van der Waals surface area contributed by atoms with Crippen molar-refractivity contribution in [1.82, 2.24) is 0 Å². The van der Waals surface area contributed by atoms with Crippen LogP contribution in [0.5, 0.6) is 0 Å². The van der Waals surface area contributed by atoms with Gasteiger partial charge in [0, 0.05) is 0 Å². The second-order valence-corrected chi connectivity index (χ2v) is 9.47. The molecule has 1 aliphatic carbocycles. The number of esters is 2. The number of unbranched alkanes of at least 4 members (excludes halogenated alkanes) is 10. The molecule has 1 aliphatic rings. The first kappa shape index (κ1) is 34.4. The summed E-state index contributed by atoms with van der Waals surface area (Å²) < 4.78 is 10.7. The van der Waals surface area contributed by atoms with Gasteiger partial charge in [0.15, 0.2) is 0 Å². The van der Waals surface area contributed by atoms with Gasteiger partial charge in [0.1, 0.15) is 0 Å². The van der Waals surface area contributed by atoms with Crippen LogP contribution in [0.2, 0.25) is 0 Å². The minimum absolute atomic E-state index is 0. The maximum atomic E-state index is 12.4. The first-order valence-corrected chi connectivity index (χ1v) is 14.1. The standard InChI is InChI=1S/C24H38O4.C6H12.Ca.2H/c1-3-5-7-9-11-15-19-27-23(25)21-17-13-14-18-22(21)24(26)28-20-16-12-10-8-6-4-2;1-2-4-6-5-3-1;;;/h13-14,17-18H,3-12,15-16,19-20H2,1-2H3;1-6H2;;;/q;;+2;2*-1. The van der Waals surface area contributed by atoms with E-state index in [1.165, 1.54) is 89.9 Å². The molecule has 5 heteroatoms. The Labute approximate surface area is 248 Å². The normalized spacial score (nSPS) is 12.6. The Morgan fingerprint density at radius 3 is 1.26 bits per heavy atom. The molecule has 0 saturated heterocycles. The van der Waals surface area contributed by atoms with Crippen LogP contribution in [0.3, 0.4) is 0 Å². The molecule has 0 aromatic heterocycles. The molecule has 0 radical (unpaired) electrons. The number of carbonyl (C=O) groups is 2. The number of ether oxygens (including phenoxy) is 2. The number of carbonyl (C=O) groups excluding carboxylic acids is 2. The van der Waals surface area contributed by atoms with Crippen LogP contribution in [0.4, 0.5) is 0 Å². The Hall–Kier alpha value is -0.580. The van der Waals surface area contributed by atoms with E-state index in [1.807, 2.05) is 0 Å². The van der Waals surface area contributed by atoms with Gasteiger partial charge in [-0.2, -0.15) is 0 Å². The quantitative estimate of drug-likeness (QED) is 0.125. The molecule has 0 heterocycles. The topological polar surface area (TPSA) is 52.6 Å². The van der Waals surface area contributed by atoms with Crippen molar-refractivity contribution in [3.05, 3.63) is 35.4 Å². The van der Waals surface area contributed by atoms with Crippen molar-refractivity contribution >= 4 is 49.7 Å². The van der Waals surface area contributed by atoms with Crippen LogP contribution in [-0.4, -0.2) is 62.9 Å². The fourth-order valence-electron chi connectivity index (χ4n) is 4.15. The molecular formula is C30H52CaO4. The van der Waals surface area contributed by atoms with Gasteiger partial charge in [0.05, 0.1) is 24.3 Å². The average molecular weight is 517 g/mol. The smallest absolute Gasteiger partial charge is 1.00 e. The Morgan fingerprint density at radius 2 is 0.914 bits per heavy atom. The Kier molecular flexibility index (Phi) is 24.7. The Bertz CT molecular complexity index is 594. The van der Waals surface area contributed by atoms with Crippen molar-refractivity contribution in [2.45, 2.75) is 129 Å². The molecule has 1 saturated carbocycles. The molecule has 0 bridgehead atoms. The SMILES string of the molecule is C1CCCCC1.CCCCCCCCOC(=O)c1ccccc1C(=O)OCCCCCCCC.[Ca+2].[H-].[H-]. The molecule has 35 heavy (non-hydrogen) atoms. The molecule has 1 aromatic carbocycles. The Balaban J connectivity index is -0.00000112. The predicted octanol–water partition coefficient (Wildman–Crippen LogP) is 8.91. The summed E-state index contributed by atoms with van der Waals surface area (Å²) in [5.74, 6) is -0.888. The van der Waals surface area contributed by atoms with E-state index in [0.29, 0.717) is 24.3 Å². The number of hydrogen-bond donors (Lipinski definition) is 0. The molecule has 0 amide bonds. The largest absolute Gasteiger partial charge is 2.00 e. The summed E-state index contributed by atoms with van der Waals surface area (Å²) in [5.41, 5.74) is 0.586. The van der Waals surface area contributed by atoms with E-state index < -0.39 is 11.9 Å². The van der Waals surface area contributed by atoms with Crippen molar-refractivity contribution in [3.63, 3.8) is 0 Å². The minimum Gasteiger partial charge on any atom is -1.00 e. The molecule has 0 N–H and O–H groups in total. The van der Waals surface area contributed by atoms with E-state index in [-0.39, 0.29) is 40.6 Å². The third kappa shape index (κ3) is 18.3. The fraction of sp³-hybridized carbons (Fsp3) is 0.733. The number of rotatable bonds is 16. The van der Waals surface area contributed by atoms with Crippen LogP contribution in [0.1, 0.15) is 153 Å². The molecule has 2 rings (SSSR count). The van der Waals surface area contributed by atoms with Crippen LogP contribution in [-0.2, 0) is 9.47 Å². The van der Waals surface area contributed by atoms with E-state index >= 15 is 0 Å². The maximum Gasteiger partial charge on any atom is 2.00 e. The summed E-state index contributed by atoms with van der Waals surface area (Å²) in [6.45, 7) is 5.17. The zero-order chi connectivity index (χ0) is 24.7. The summed E-state index contributed by atoms with van der Waals surface area (Å²) in [4.78, 5) is 24.7. The minimum atomic E-state index is -0.444. The van der Waals surface area contributed by atoms with E-state index in [9.17, 15) is 9.59 Å². The van der Waals surface area contributed by atoms with Crippen molar-refractivity contribution in [3.8, 4) is 0 Å². The van der Waals surface area contributed by atoms with Gasteiger partial charge in [-0.15, -0.1) is 0 Å². The van der Waals surface area contributed by atoms with Gasteiger partial charge in [-0.05, 0) is 25.0 Å². The monoisotopic (exact) mass is 516 g/mol. The van der Waals surface area contributed by atoms with Crippen LogP contribution in [0, 0.1) is 0 Å². The van der Waals surface area contributed by atoms with Crippen molar-refractivity contribution < 1.29 is 21.9 Å². The molecule has 0 unspecified atom stereocenters. The fourth-order valence-corrected chi connectivity index (χ4v) is 4.15. The van der Waals surface area contributed by atoms with Crippen molar-refractivity contribution in [1.29, 1.82) is 0 Å². The zero-order valence-electron chi connectivity index (χ0n) is 24.8. The van der Waals surface area contributed by atoms with E-state index in [4.69, 9.17) is 9.47 Å². The summed E-state index contributed by atoms with van der Waals surface area (Å²) in [7, 11) is 0. The Morgan fingerprint density at radius 1 is 0.600 bits per heavy atom. The summed E-state index contributed by atoms with van der Waals surface area (Å²) in [5, 5.41) is 0. The van der Waals surface area contributed by atoms with Gasteiger partial charge in [-0.25, -0.2) is 9.59 Å². The van der Waals surface area contributed by atoms with Gasteiger partial charge >= 0.3 is 49.7 Å². The number of benzene rings is 1. The molecule has 4 nitrogen and oxygen atoms in total. The summed E-state index contributed by atoms with van der Waals surface area (Å²) in [6.07, 6.45) is 22.6. The van der Waals surface area contributed by atoms with Crippen LogP contribution >= 0.6 is 0 Å². The zero-order valence-corrected chi connectivity index (χ0v) is 25.0. The third-order valence-corrected chi connectivity index (χ3v) is 6.33. The average Bonchev–Trinajstić information content (AvgIpc) is 2.88. The number of hydrogen-bond acceptors (Lipinski definition) is 4. The first-order chi connectivity index (χ1) is 16.7. The van der Waals surface area contributed by atoms with Gasteiger partial charge in [0.25, 0.3) is 0 Å². The van der Waals surface area contributed by atoms with Gasteiger partial charge in [-0.3, -0.25) is 0 Å². The maximum absolute atomic E-state index is 12.4. The molecule has 1 fully saturated rings. The van der Waals surface area contributed by atoms with Gasteiger partial charge in [-0.1, -0.05) is 129 Å². The summed E-state index contributed by atoms with van der Waals surface area (Å²) in [6, 6.07) is 6.74. The van der Waals surface area contributed by atoms with Crippen molar-refractivity contribution in [2.24, 2.45) is 0 Å².